The Labute approximate surface area is 256 Å². The Hall–Kier alpha value is -0.781. The molecule has 1 heteroatoms. The molecule has 0 unspecified atom stereocenters. The second-order valence-corrected chi connectivity index (χ2v) is 11.7. The van der Waals surface area contributed by atoms with E-state index in [1.807, 2.05) is 0 Å². The summed E-state index contributed by atoms with van der Waals surface area (Å²) in [4.78, 5) is 0. The molecule has 0 aromatic heterocycles. The Morgan fingerprint density at radius 2 is 0.949 bits per heavy atom. The van der Waals surface area contributed by atoms with Crippen LogP contribution in [0.25, 0.3) is 0 Å². The molecular weight excluding hydrogens is 512 g/mol. The van der Waals surface area contributed by atoms with Crippen molar-refractivity contribution in [3.05, 3.63) is 57.1 Å². The fourth-order valence-corrected chi connectivity index (χ4v) is 5.77. The monoisotopic (exact) mass is 578 g/mol. The summed E-state index contributed by atoms with van der Waals surface area (Å²) in [7, 11) is 0. The van der Waals surface area contributed by atoms with Crippen LogP contribution in [-0.4, -0.2) is 0 Å². The molecule has 226 valence electrons. The van der Waals surface area contributed by atoms with E-state index in [0.717, 1.165) is 0 Å². The quantitative estimate of drug-likeness (QED) is 0.102. The van der Waals surface area contributed by atoms with Crippen LogP contribution < -0.4 is 0 Å². The van der Waals surface area contributed by atoms with Gasteiger partial charge in [-0.05, 0) is 0 Å². The first kappa shape index (κ1) is 38.2. The van der Waals surface area contributed by atoms with Crippen LogP contribution in [0.1, 0.15) is 177 Å². The van der Waals surface area contributed by atoms with Crippen LogP contribution in [0.15, 0.2) is 18.2 Å². The van der Waals surface area contributed by atoms with Gasteiger partial charge in [-0.3, -0.25) is 0 Å². The molecule has 0 aliphatic carbocycles. The molecule has 2 aromatic carbocycles. The Morgan fingerprint density at radius 1 is 0.487 bits per heavy atom. The summed E-state index contributed by atoms with van der Waals surface area (Å²) in [6, 6.07) is 7.37. The molecule has 0 spiro atoms. The maximum atomic E-state index is 2.58. The third kappa shape index (κ3) is 14.6. The van der Waals surface area contributed by atoms with E-state index in [9.17, 15) is 0 Å². The van der Waals surface area contributed by atoms with Crippen LogP contribution in [-0.2, 0) is 62.0 Å². The summed E-state index contributed by atoms with van der Waals surface area (Å²) in [5, 5.41) is 0. The zero-order valence-electron chi connectivity index (χ0n) is 27.4. The van der Waals surface area contributed by atoms with Gasteiger partial charge in [0.1, 0.15) is 0 Å². The molecular formula is C38H66Fe. The van der Waals surface area contributed by atoms with Crippen molar-refractivity contribution in [2.75, 3.05) is 0 Å². The first-order valence-corrected chi connectivity index (χ1v) is 17.2. The maximum Gasteiger partial charge on any atom is 2.00 e. The summed E-state index contributed by atoms with van der Waals surface area (Å²) in [6.45, 7) is 16.1. The standard InChI is InChI=1S/C21H37.C17H29.Fe/c1-5-9-13-18-17-19(14-10-6-2)21(16-12-8-4)20(18)15-11-7-3;1-4-7-10-15-13-14-16(11-8-5-2)17(15)12-9-6-3;/h17H,5-16H2,1-4H3;13-14H,4-12H2,1-3H3;/q2*-1;+2. The van der Waals surface area contributed by atoms with Gasteiger partial charge in [-0.15, -0.1) is 0 Å². The summed E-state index contributed by atoms with van der Waals surface area (Å²) in [5.74, 6) is 0. The average Bonchev–Trinajstić information content (AvgIpc) is 3.48. The average molecular weight is 579 g/mol. The maximum absolute atomic E-state index is 2.58. The number of hydrogen-bond donors (Lipinski definition) is 0. The normalized spacial score (nSPS) is 10.8. The first-order chi connectivity index (χ1) is 18.6. The van der Waals surface area contributed by atoms with Crippen molar-refractivity contribution in [1.82, 2.24) is 0 Å². The van der Waals surface area contributed by atoms with Gasteiger partial charge in [-0.1, -0.05) is 183 Å². The van der Waals surface area contributed by atoms with E-state index in [0.29, 0.717) is 0 Å². The van der Waals surface area contributed by atoms with Gasteiger partial charge in [-0.25, -0.2) is 12.1 Å². The number of unbranched alkanes of at least 4 members (excludes halogenated alkanes) is 7. The predicted molar refractivity (Wildman–Crippen MR) is 174 cm³/mol. The van der Waals surface area contributed by atoms with Crippen molar-refractivity contribution in [2.24, 2.45) is 0 Å². The summed E-state index contributed by atoms with van der Waals surface area (Å²) in [5.41, 5.74) is 11.9. The zero-order valence-corrected chi connectivity index (χ0v) is 28.5. The van der Waals surface area contributed by atoms with Gasteiger partial charge >= 0.3 is 17.1 Å². The van der Waals surface area contributed by atoms with E-state index in [4.69, 9.17) is 0 Å². The molecule has 0 saturated heterocycles. The second-order valence-electron chi connectivity index (χ2n) is 11.7. The molecule has 0 aliphatic heterocycles. The van der Waals surface area contributed by atoms with E-state index in [1.54, 1.807) is 38.9 Å². The third-order valence-electron chi connectivity index (χ3n) is 8.29. The zero-order chi connectivity index (χ0) is 28.0. The van der Waals surface area contributed by atoms with Crippen molar-refractivity contribution >= 4 is 0 Å². The van der Waals surface area contributed by atoms with Gasteiger partial charge < -0.3 is 0 Å². The van der Waals surface area contributed by atoms with Crippen molar-refractivity contribution < 1.29 is 17.1 Å². The molecule has 2 rings (SSSR count). The molecule has 0 N–H and O–H groups in total. The molecule has 0 bridgehead atoms. The van der Waals surface area contributed by atoms with Crippen LogP contribution >= 0.6 is 0 Å². The van der Waals surface area contributed by atoms with E-state index in [-0.39, 0.29) is 17.1 Å². The predicted octanol–water partition coefficient (Wildman–Crippen LogP) is 12.2. The van der Waals surface area contributed by atoms with Gasteiger partial charge in [0.15, 0.2) is 0 Å². The molecule has 0 nitrogen and oxygen atoms in total. The van der Waals surface area contributed by atoms with Crippen LogP contribution in [0.4, 0.5) is 0 Å². The second kappa shape index (κ2) is 25.0. The summed E-state index contributed by atoms with van der Waals surface area (Å²) in [6.07, 6.45) is 27.8. The van der Waals surface area contributed by atoms with Crippen LogP contribution in [0.5, 0.6) is 0 Å². The van der Waals surface area contributed by atoms with Crippen LogP contribution in [0, 0.1) is 0 Å². The van der Waals surface area contributed by atoms with Crippen molar-refractivity contribution in [3.8, 4) is 0 Å². The number of rotatable bonds is 21. The Bertz CT molecular complexity index is 745. The fraction of sp³-hybridized carbons (Fsp3) is 0.737. The van der Waals surface area contributed by atoms with E-state index >= 15 is 0 Å². The van der Waals surface area contributed by atoms with Gasteiger partial charge in [0.2, 0.25) is 0 Å². The van der Waals surface area contributed by atoms with Gasteiger partial charge in [0.05, 0.1) is 0 Å². The molecule has 0 saturated carbocycles. The fourth-order valence-electron chi connectivity index (χ4n) is 5.77. The molecule has 0 radical (unpaired) electrons. The Balaban J connectivity index is 0.000000737. The van der Waals surface area contributed by atoms with Gasteiger partial charge in [0.25, 0.3) is 0 Å². The molecule has 0 amide bonds. The topological polar surface area (TPSA) is 0 Å². The van der Waals surface area contributed by atoms with E-state index < -0.39 is 0 Å². The minimum absolute atomic E-state index is 0. The van der Waals surface area contributed by atoms with Crippen molar-refractivity contribution in [2.45, 2.75) is 183 Å². The van der Waals surface area contributed by atoms with Crippen molar-refractivity contribution in [3.63, 3.8) is 0 Å². The molecule has 0 heterocycles. The summed E-state index contributed by atoms with van der Waals surface area (Å²) < 4.78 is 0. The molecule has 0 atom stereocenters. The number of aryl methyl sites for hydroxylation is 4. The largest absolute Gasteiger partial charge is 2.00 e. The minimum Gasteiger partial charge on any atom is -0.210 e. The Morgan fingerprint density at radius 3 is 1.51 bits per heavy atom. The molecule has 0 fully saturated rings. The van der Waals surface area contributed by atoms with Gasteiger partial charge in [-0.2, -0.15) is 45.0 Å². The minimum atomic E-state index is 0. The molecule has 0 aliphatic rings. The SMILES string of the molecule is CCCCc1cc(CCCC)[c-](CCCC)c1CCCC.CCCCc1cc[c-](CCCC)c1CCCC.[Fe+2]. The molecule has 2 aromatic rings. The summed E-state index contributed by atoms with van der Waals surface area (Å²) >= 11 is 0. The van der Waals surface area contributed by atoms with Gasteiger partial charge in [0, 0.05) is 0 Å². The Kier molecular flexibility index (Phi) is 24.5. The van der Waals surface area contributed by atoms with E-state index in [2.05, 4.69) is 66.7 Å². The first-order valence-electron chi connectivity index (χ1n) is 17.2. The van der Waals surface area contributed by atoms with Crippen LogP contribution in [0.3, 0.4) is 0 Å². The molecule has 39 heavy (non-hydrogen) atoms. The van der Waals surface area contributed by atoms with Crippen molar-refractivity contribution in [1.29, 1.82) is 0 Å². The smallest absolute Gasteiger partial charge is 0.210 e. The third-order valence-corrected chi connectivity index (χ3v) is 8.29. The van der Waals surface area contributed by atoms with Crippen LogP contribution in [0.2, 0.25) is 0 Å². The van der Waals surface area contributed by atoms with E-state index in [1.165, 1.54) is 135 Å². The number of hydrogen-bond acceptors (Lipinski definition) is 0.